The van der Waals surface area contributed by atoms with Gasteiger partial charge in [-0.1, -0.05) is 36.4 Å². The van der Waals surface area contributed by atoms with Gasteiger partial charge >= 0.3 is 0 Å². The van der Waals surface area contributed by atoms with Crippen LogP contribution in [0.15, 0.2) is 54.6 Å². The van der Waals surface area contributed by atoms with E-state index >= 15 is 0 Å². The van der Waals surface area contributed by atoms with Crippen LogP contribution in [0.1, 0.15) is 22.3 Å². The maximum Gasteiger partial charge on any atom is 0.251 e. The molecule has 1 amide bonds. The Kier molecular flexibility index (Phi) is 5.79. The van der Waals surface area contributed by atoms with Crippen molar-refractivity contribution in [1.82, 2.24) is 5.32 Å². The average Bonchev–Trinajstić information content (AvgIpc) is 2.54. The predicted octanol–water partition coefficient (Wildman–Crippen LogP) is 2.38. The third-order valence-corrected chi connectivity index (χ3v) is 2.96. The van der Waals surface area contributed by atoms with Crippen LogP contribution in [0, 0.1) is 0 Å². The van der Waals surface area contributed by atoms with Crippen molar-refractivity contribution in [2.24, 2.45) is 0 Å². The second kappa shape index (κ2) is 8.07. The highest BCUT2D eigenvalue weighted by Gasteiger charge is 2.06. The van der Waals surface area contributed by atoms with Crippen LogP contribution in [0.4, 0.5) is 0 Å². The summed E-state index contributed by atoms with van der Waals surface area (Å²) in [6.45, 7) is 1.00. The first kappa shape index (κ1) is 15.1. The lowest BCUT2D eigenvalue weighted by atomic mass is 10.2. The molecule has 0 aliphatic carbocycles. The maximum absolute atomic E-state index is 11.9. The summed E-state index contributed by atoms with van der Waals surface area (Å²) < 4.78 is 5.69. The molecule has 4 heteroatoms. The van der Waals surface area contributed by atoms with E-state index in [-0.39, 0.29) is 12.5 Å². The van der Waals surface area contributed by atoms with Gasteiger partial charge in [-0.3, -0.25) is 4.79 Å². The predicted molar refractivity (Wildman–Crippen MR) is 81.3 cm³/mol. The first-order valence-corrected chi connectivity index (χ1v) is 6.95. The Labute approximate surface area is 124 Å². The molecule has 4 nitrogen and oxygen atoms in total. The number of hydrogen-bond acceptors (Lipinski definition) is 3. The van der Waals surface area contributed by atoms with Crippen LogP contribution in [0.3, 0.4) is 0 Å². The molecular weight excluding hydrogens is 266 g/mol. The fourth-order valence-electron chi connectivity index (χ4n) is 1.85. The molecule has 2 rings (SSSR count). The topological polar surface area (TPSA) is 58.6 Å². The lowest BCUT2D eigenvalue weighted by Gasteiger charge is -2.08. The Hall–Kier alpha value is -2.33. The highest BCUT2D eigenvalue weighted by atomic mass is 16.5. The fraction of sp³-hybridized carbons (Fsp3) is 0.235. The van der Waals surface area contributed by atoms with E-state index in [0.29, 0.717) is 30.9 Å². The van der Waals surface area contributed by atoms with Gasteiger partial charge in [0.05, 0.1) is 0 Å². The summed E-state index contributed by atoms with van der Waals surface area (Å²) in [5.41, 5.74) is 1.63. The van der Waals surface area contributed by atoms with Gasteiger partial charge in [-0.2, -0.15) is 0 Å². The summed E-state index contributed by atoms with van der Waals surface area (Å²) in [6.07, 6.45) is 0.552. The van der Waals surface area contributed by atoms with Crippen molar-refractivity contribution in [2.75, 3.05) is 13.2 Å². The second-order valence-corrected chi connectivity index (χ2v) is 4.64. The van der Waals surface area contributed by atoms with E-state index in [4.69, 9.17) is 9.84 Å². The molecule has 0 saturated carbocycles. The van der Waals surface area contributed by atoms with Crippen molar-refractivity contribution in [3.05, 3.63) is 65.7 Å². The number of amides is 1. The van der Waals surface area contributed by atoms with Gasteiger partial charge in [0, 0.05) is 18.7 Å². The number of carbonyl (C=O) groups excluding carboxylic acids is 1. The Morgan fingerprint density at radius 2 is 1.90 bits per heavy atom. The van der Waals surface area contributed by atoms with Gasteiger partial charge in [-0.25, -0.2) is 0 Å². The zero-order chi connectivity index (χ0) is 14.9. The minimum absolute atomic E-state index is 0.0699. The number of carbonyl (C=O) groups is 1. The minimum atomic E-state index is -0.159. The molecule has 0 saturated heterocycles. The number of aliphatic hydroxyl groups excluding tert-OH is 1. The van der Waals surface area contributed by atoms with E-state index in [1.54, 1.807) is 18.2 Å². The van der Waals surface area contributed by atoms with Crippen molar-refractivity contribution in [2.45, 2.75) is 13.0 Å². The summed E-state index contributed by atoms with van der Waals surface area (Å²) in [7, 11) is 0. The van der Waals surface area contributed by atoms with E-state index in [1.165, 1.54) is 0 Å². The van der Waals surface area contributed by atoms with Gasteiger partial charge in [-0.05, 0) is 30.2 Å². The SMILES string of the molecule is O=C(NCCCO)c1cccc(OCc2ccccc2)c1. The van der Waals surface area contributed by atoms with Crippen LogP contribution in [0.5, 0.6) is 5.75 Å². The average molecular weight is 285 g/mol. The Morgan fingerprint density at radius 1 is 1.10 bits per heavy atom. The quantitative estimate of drug-likeness (QED) is 0.768. The van der Waals surface area contributed by atoms with Crippen LogP contribution >= 0.6 is 0 Å². The molecule has 21 heavy (non-hydrogen) atoms. The third kappa shape index (κ3) is 4.93. The Balaban J connectivity index is 1.92. The number of benzene rings is 2. The number of aliphatic hydroxyl groups is 1. The molecule has 0 aromatic heterocycles. The zero-order valence-electron chi connectivity index (χ0n) is 11.8. The molecule has 2 aromatic rings. The molecule has 0 radical (unpaired) electrons. The van der Waals surface area contributed by atoms with Crippen LogP contribution in [0.2, 0.25) is 0 Å². The molecule has 110 valence electrons. The molecule has 0 bridgehead atoms. The first-order valence-electron chi connectivity index (χ1n) is 6.95. The van der Waals surface area contributed by atoms with Gasteiger partial charge in [0.25, 0.3) is 5.91 Å². The standard InChI is InChI=1S/C17H19NO3/c19-11-5-10-18-17(20)15-8-4-9-16(12-15)21-13-14-6-2-1-3-7-14/h1-4,6-9,12,19H,5,10-11,13H2,(H,18,20). The van der Waals surface area contributed by atoms with E-state index in [2.05, 4.69) is 5.32 Å². The van der Waals surface area contributed by atoms with Gasteiger partial charge < -0.3 is 15.2 Å². The third-order valence-electron chi connectivity index (χ3n) is 2.96. The lowest BCUT2D eigenvalue weighted by molar-refractivity contribution is 0.0950. The van der Waals surface area contributed by atoms with Crippen molar-refractivity contribution in [3.63, 3.8) is 0 Å². The Morgan fingerprint density at radius 3 is 2.67 bits per heavy atom. The van der Waals surface area contributed by atoms with E-state index in [1.807, 2.05) is 36.4 Å². The van der Waals surface area contributed by atoms with Crippen molar-refractivity contribution in [3.8, 4) is 5.75 Å². The maximum atomic E-state index is 11.9. The zero-order valence-corrected chi connectivity index (χ0v) is 11.8. The summed E-state index contributed by atoms with van der Waals surface area (Å²) in [5, 5.41) is 11.4. The molecule has 0 fully saturated rings. The number of ether oxygens (including phenoxy) is 1. The number of rotatable bonds is 7. The summed E-state index contributed by atoms with van der Waals surface area (Å²) in [4.78, 5) is 11.9. The van der Waals surface area contributed by atoms with Gasteiger partial charge in [0.1, 0.15) is 12.4 Å². The van der Waals surface area contributed by atoms with Crippen LogP contribution in [-0.2, 0) is 6.61 Å². The van der Waals surface area contributed by atoms with E-state index in [9.17, 15) is 4.79 Å². The van der Waals surface area contributed by atoms with Crippen molar-refractivity contribution < 1.29 is 14.6 Å². The highest BCUT2D eigenvalue weighted by Crippen LogP contribution is 2.15. The normalized spacial score (nSPS) is 10.1. The van der Waals surface area contributed by atoms with Crippen LogP contribution < -0.4 is 10.1 Å². The van der Waals surface area contributed by atoms with Crippen molar-refractivity contribution >= 4 is 5.91 Å². The first-order chi connectivity index (χ1) is 10.3. The largest absolute Gasteiger partial charge is 0.489 e. The van der Waals surface area contributed by atoms with Gasteiger partial charge in [-0.15, -0.1) is 0 Å². The van der Waals surface area contributed by atoms with Gasteiger partial charge in [0.2, 0.25) is 0 Å². The molecule has 0 atom stereocenters. The highest BCUT2D eigenvalue weighted by molar-refractivity contribution is 5.94. The second-order valence-electron chi connectivity index (χ2n) is 4.64. The van der Waals surface area contributed by atoms with Gasteiger partial charge in [0.15, 0.2) is 0 Å². The molecular formula is C17H19NO3. The summed E-state index contributed by atoms with van der Waals surface area (Å²) in [6, 6.07) is 16.9. The lowest BCUT2D eigenvalue weighted by Crippen LogP contribution is -2.24. The monoisotopic (exact) mass is 285 g/mol. The summed E-state index contributed by atoms with van der Waals surface area (Å²) in [5.74, 6) is 0.502. The number of nitrogens with one attached hydrogen (secondary N) is 1. The Bertz CT molecular complexity index is 569. The van der Waals surface area contributed by atoms with Crippen LogP contribution in [0.25, 0.3) is 0 Å². The molecule has 2 aromatic carbocycles. The van der Waals surface area contributed by atoms with E-state index < -0.39 is 0 Å². The van der Waals surface area contributed by atoms with E-state index in [0.717, 1.165) is 5.56 Å². The molecule has 0 aliphatic rings. The molecule has 2 N–H and O–H groups in total. The number of hydrogen-bond donors (Lipinski definition) is 2. The molecule has 0 aliphatic heterocycles. The smallest absolute Gasteiger partial charge is 0.251 e. The van der Waals surface area contributed by atoms with Crippen molar-refractivity contribution in [1.29, 1.82) is 0 Å². The summed E-state index contributed by atoms with van der Waals surface area (Å²) >= 11 is 0. The fourth-order valence-corrected chi connectivity index (χ4v) is 1.85. The van der Waals surface area contributed by atoms with Crippen LogP contribution in [-0.4, -0.2) is 24.2 Å². The minimum Gasteiger partial charge on any atom is -0.489 e. The molecule has 0 unspecified atom stereocenters. The molecule has 0 heterocycles. The molecule has 0 spiro atoms.